The van der Waals surface area contributed by atoms with Crippen LogP contribution >= 0.6 is 47.2 Å². The molecule has 2 rings (SSSR count). The number of rotatable bonds is 8. The van der Waals surface area contributed by atoms with Crippen molar-refractivity contribution in [3.63, 3.8) is 0 Å². The zero-order chi connectivity index (χ0) is 18.1. The highest BCUT2D eigenvalue weighted by Gasteiger charge is 2.11. The first-order valence-corrected chi connectivity index (χ1v) is 9.18. The van der Waals surface area contributed by atoms with Crippen LogP contribution in [0.4, 0.5) is 0 Å². The molecule has 9 heteroatoms. The Morgan fingerprint density at radius 1 is 1.23 bits per heavy atom. The van der Waals surface area contributed by atoms with Crippen LogP contribution in [0, 0.1) is 0 Å². The van der Waals surface area contributed by atoms with E-state index in [-0.39, 0.29) is 30.0 Å². The maximum Gasteiger partial charge on any atom is 0.191 e. The fourth-order valence-corrected chi connectivity index (χ4v) is 2.96. The highest BCUT2D eigenvalue weighted by atomic mass is 127. The van der Waals surface area contributed by atoms with E-state index in [1.165, 1.54) is 0 Å². The third-order valence-corrected chi connectivity index (χ3v) is 4.25. The second-order valence-corrected chi connectivity index (χ2v) is 6.54. The van der Waals surface area contributed by atoms with Crippen LogP contribution in [-0.2, 0) is 6.54 Å². The van der Waals surface area contributed by atoms with E-state index >= 15 is 0 Å². The number of hydrogen-bond donors (Lipinski definition) is 2. The molecule has 0 saturated carbocycles. The lowest BCUT2D eigenvalue weighted by Gasteiger charge is -2.19. The predicted molar refractivity (Wildman–Crippen MR) is 119 cm³/mol. The van der Waals surface area contributed by atoms with E-state index in [0.717, 1.165) is 44.0 Å². The zero-order valence-electron chi connectivity index (χ0n) is 15.0. The molecule has 1 aromatic carbocycles. The smallest absolute Gasteiger partial charge is 0.191 e. The summed E-state index contributed by atoms with van der Waals surface area (Å²) >= 11 is 12.2. The summed E-state index contributed by atoms with van der Waals surface area (Å²) in [5.74, 6) is 0.783. The first-order valence-electron chi connectivity index (χ1n) is 8.42. The molecule has 144 valence electrons. The number of unbranched alkanes of at least 4 members (excludes halogenated alkanes) is 1. The molecule has 1 heterocycles. The molecule has 0 aliphatic rings. The number of nitrogens with one attached hydrogen (secondary N) is 2. The number of halogens is 3. The number of aryl methyl sites for hydroxylation is 1. The van der Waals surface area contributed by atoms with E-state index < -0.39 is 0 Å². The van der Waals surface area contributed by atoms with E-state index in [4.69, 9.17) is 23.2 Å². The maximum atomic E-state index is 6.28. The number of guanidine groups is 1. The summed E-state index contributed by atoms with van der Waals surface area (Å²) in [6.07, 6.45) is 5.48. The third kappa shape index (κ3) is 7.67. The molecular formula is C17H25Cl2IN6. The van der Waals surface area contributed by atoms with Crippen molar-refractivity contribution in [3.05, 3.63) is 46.5 Å². The van der Waals surface area contributed by atoms with Crippen LogP contribution in [0.5, 0.6) is 0 Å². The second kappa shape index (κ2) is 12.3. The SMILES string of the molecule is CCNC(=NCCCCn1cnnc1)NC(C)c1ccc(Cl)cc1Cl.I. The van der Waals surface area contributed by atoms with Crippen molar-refractivity contribution in [2.45, 2.75) is 39.3 Å². The van der Waals surface area contributed by atoms with Gasteiger partial charge in [-0.3, -0.25) is 4.99 Å². The fourth-order valence-electron chi connectivity index (χ4n) is 2.39. The molecule has 6 nitrogen and oxygen atoms in total. The molecule has 0 amide bonds. The van der Waals surface area contributed by atoms with E-state index in [2.05, 4.69) is 25.8 Å². The molecule has 1 unspecified atom stereocenters. The van der Waals surface area contributed by atoms with E-state index in [0.29, 0.717) is 10.0 Å². The normalized spacial score (nSPS) is 12.4. The number of nitrogens with zero attached hydrogens (tertiary/aromatic N) is 4. The van der Waals surface area contributed by atoms with Crippen molar-refractivity contribution < 1.29 is 0 Å². The van der Waals surface area contributed by atoms with Crippen molar-refractivity contribution in [3.8, 4) is 0 Å². The van der Waals surface area contributed by atoms with Crippen LogP contribution < -0.4 is 10.6 Å². The van der Waals surface area contributed by atoms with Gasteiger partial charge in [0, 0.05) is 29.7 Å². The molecule has 0 radical (unpaired) electrons. The fraction of sp³-hybridized carbons (Fsp3) is 0.471. The molecule has 0 spiro atoms. The zero-order valence-corrected chi connectivity index (χ0v) is 18.8. The predicted octanol–water partition coefficient (Wildman–Crippen LogP) is 4.30. The van der Waals surface area contributed by atoms with E-state index in [9.17, 15) is 0 Å². The van der Waals surface area contributed by atoms with Gasteiger partial charge in [-0.05, 0) is 44.4 Å². The summed E-state index contributed by atoms with van der Waals surface area (Å²) in [6.45, 7) is 6.55. The van der Waals surface area contributed by atoms with Gasteiger partial charge in [-0.25, -0.2) is 0 Å². The summed E-state index contributed by atoms with van der Waals surface area (Å²) in [7, 11) is 0. The maximum absolute atomic E-state index is 6.28. The van der Waals surface area contributed by atoms with Gasteiger partial charge in [-0.2, -0.15) is 0 Å². The molecule has 26 heavy (non-hydrogen) atoms. The van der Waals surface area contributed by atoms with Crippen LogP contribution in [-0.4, -0.2) is 33.8 Å². The van der Waals surface area contributed by atoms with Gasteiger partial charge in [0.15, 0.2) is 5.96 Å². The number of aliphatic imine (C=N–C) groups is 1. The molecule has 0 aliphatic heterocycles. The number of aromatic nitrogens is 3. The number of hydrogen-bond acceptors (Lipinski definition) is 3. The van der Waals surface area contributed by atoms with Gasteiger partial charge in [-0.15, -0.1) is 34.2 Å². The lowest BCUT2D eigenvalue weighted by atomic mass is 10.1. The van der Waals surface area contributed by atoms with Crippen LogP contribution in [0.25, 0.3) is 0 Å². The van der Waals surface area contributed by atoms with Gasteiger partial charge in [0.1, 0.15) is 12.7 Å². The Balaban J connectivity index is 0.00000338. The molecule has 1 aromatic heterocycles. The largest absolute Gasteiger partial charge is 0.357 e. The number of benzene rings is 1. The summed E-state index contributed by atoms with van der Waals surface area (Å²) < 4.78 is 1.97. The first kappa shape index (κ1) is 23.0. The van der Waals surface area contributed by atoms with Gasteiger partial charge >= 0.3 is 0 Å². The molecule has 1 atom stereocenters. The van der Waals surface area contributed by atoms with Gasteiger partial charge in [0.2, 0.25) is 0 Å². The standard InChI is InChI=1S/C17H24Cl2N6.HI/c1-3-20-17(21-8-4-5-9-25-11-22-23-12-25)24-13(2)15-7-6-14(18)10-16(15)19;/h6-7,10-13H,3-5,8-9H2,1-2H3,(H2,20,21,24);1H. The van der Waals surface area contributed by atoms with Crippen LogP contribution in [0.15, 0.2) is 35.8 Å². The molecule has 0 bridgehead atoms. The Hall–Kier alpha value is -1.06. The lowest BCUT2D eigenvalue weighted by molar-refractivity contribution is 0.609. The van der Waals surface area contributed by atoms with Gasteiger partial charge < -0.3 is 15.2 Å². The van der Waals surface area contributed by atoms with Crippen LogP contribution in [0.1, 0.15) is 38.3 Å². The minimum absolute atomic E-state index is 0. The Morgan fingerprint density at radius 2 is 1.96 bits per heavy atom. The summed E-state index contributed by atoms with van der Waals surface area (Å²) in [5, 5.41) is 15.5. The van der Waals surface area contributed by atoms with Crippen LogP contribution in [0.3, 0.4) is 0 Å². The highest BCUT2D eigenvalue weighted by Crippen LogP contribution is 2.25. The van der Waals surface area contributed by atoms with Crippen LogP contribution in [0.2, 0.25) is 10.0 Å². The van der Waals surface area contributed by atoms with Gasteiger partial charge in [-0.1, -0.05) is 29.3 Å². The van der Waals surface area contributed by atoms with E-state index in [1.807, 2.05) is 30.5 Å². The molecule has 0 saturated heterocycles. The van der Waals surface area contributed by atoms with Gasteiger partial charge in [0.25, 0.3) is 0 Å². The Morgan fingerprint density at radius 3 is 2.62 bits per heavy atom. The van der Waals surface area contributed by atoms with Crippen molar-refractivity contribution in [2.75, 3.05) is 13.1 Å². The molecule has 2 aromatic rings. The Labute approximate surface area is 181 Å². The monoisotopic (exact) mass is 510 g/mol. The average Bonchev–Trinajstić information content (AvgIpc) is 3.07. The van der Waals surface area contributed by atoms with Crippen molar-refractivity contribution in [1.29, 1.82) is 0 Å². The minimum atomic E-state index is 0. The Bertz CT molecular complexity index is 678. The van der Waals surface area contributed by atoms with E-state index in [1.54, 1.807) is 18.7 Å². The van der Waals surface area contributed by atoms with Crippen molar-refractivity contribution in [1.82, 2.24) is 25.4 Å². The van der Waals surface area contributed by atoms with Crippen molar-refractivity contribution >= 4 is 53.1 Å². The van der Waals surface area contributed by atoms with Crippen molar-refractivity contribution in [2.24, 2.45) is 4.99 Å². The molecule has 2 N–H and O–H groups in total. The molecule has 0 fully saturated rings. The molecular weight excluding hydrogens is 486 g/mol. The quantitative estimate of drug-likeness (QED) is 0.240. The first-order chi connectivity index (χ1) is 12.1. The van der Waals surface area contributed by atoms with Gasteiger partial charge in [0.05, 0.1) is 6.04 Å². The highest BCUT2D eigenvalue weighted by molar-refractivity contribution is 14.0. The minimum Gasteiger partial charge on any atom is -0.357 e. The third-order valence-electron chi connectivity index (χ3n) is 3.69. The summed E-state index contributed by atoms with van der Waals surface area (Å²) in [4.78, 5) is 4.63. The Kier molecular flexibility index (Phi) is 10.9. The summed E-state index contributed by atoms with van der Waals surface area (Å²) in [5.41, 5.74) is 0.990. The second-order valence-electron chi connectivity index (χ2n) is 5.70. The lowest BCUT2D eigenvalue weighted by Crippen LogP contribution is -2.38. The summed E-state index contributed by atoms with van der Waals surface area (Å²) in [6, 6.07) is 5.56. The molecule has 0 aliphatic carbocycles. The topological polar surface area (TPSA) is 67.1 Å². The average molecular weight is 511 g/mol.